The fourth-order valence-corrected chi connectivity index (χ4v) is 2.71. The molecule has 0 aliphatic rings. The lowest BCUT2D eigenvalue weighted by Crippen LogP contribution is -2.07. The Balaban J connectivity index is 2.03. The molecule has 21 heavy (non-hydrogen) atoms. The molecular formula is C16H14Cl2N2O. The van der Waals surface area contributed by atoms with Crippen molar-refractivity contribution in [1.82, 2.24) is 9.55 Å². The second-order valence-electron chi connectivity index (χ2n) is 4.84. The topological polar surface area (TPSA) is 38.0 Å². The van der Waals surface area contributed by atoms with E-state index in [1.807, 2.05) is 47.0 Å². The lowest BCUT2D eigenvalue weighted by atomic mass is 10.1. The van der Waals surface area contributed by atoms with Gasteiger partial charge in [0.25, 0.3) is 0 Å². The number of hydrogen-bond donors (Lipinski definition) is 1. The fourth-order valence-electron chi connectivity index (χ4n) is 2.42. The summed E-state index contributed by atoms with van der Waals surface area (Å²) in [5.74, 6) is 0.906. The zero-order valence-electron chi connectivity index (χ0n) is 11.3. The minimum absolute atomic E-state index is 0.0711. The minimum atomic E-state index is 0.0711. The van der Waals surface area contributed by atoms with E-state index in [-0.39, 0.29) is 6.61 Å². The molecular weight excluding hydrogens is 307 g/mol. The Bertz CT molecular complexity index is 766. The average Bonchev–Trinajstić information content (AvgIpc) is 2.79. The Morgan fingerprint density at radius 2 is 1.71 bits per heavy atom. The lowest BCUT2D eigenvalue weighted by Gasteiger charge is -2.07. The summed E-state index contributed by atoms with van der Waals surface area (Å²) >= 11 is 11.9. The van der Waals surface area contributed by atoms with E-state index in [2.05, 4.69) is 4.98 Å². The first-order valence-corrected chi connectivity index (χ1v) is 7.43. The predicted molar refractivity (Wildman–Crippen MR) is 86.1 cm³/mol. The molecule has 0 saturated heterocycles. The van der Waals surface area contributed by atoms with Crippen LogP contribution in [0.3, 0.4) is 0 Å². The molecule has 5 heteroatoms. The zero-order chi connectivity index (χ0) is 14.8. The van der Waals surface area contributed by atoms with Crippen molar-refractivity contribution in [3.63, 3.8) is 0 Å². The molecule has 0 spiro atoms. The molecule has 2 aromatic carbocycles. The van der Waals surface area contributed by atoms with Gasteiger partial charge in [0, 0.05) is 23.0 Å². The van der Waals surface area contributed by atoms with Crippen molar-refractivity contribution < 1.29 is 5.11 Å². The molecule has 0 unspecified atom stereocenters. The Morgan fingerprint density at radius 1 is 1.00 bits per heavy atom. The van der Waals surface area contributed by atoms with Gasteiger partial charge in [0.1, 0.15) is 5.82 Å². The van der Waals surface area contributed by atoms with Gasteiger partial charge in [-0.1, -0.05) is 35.3 Å². The van der Waals surface area contributed by atoms with Gasteiger partial charge in [-0.25, -0.2) is 4.98 Å². The van der Waals surface area contributed by atoms with Gasteiger partial charge in [-0.3, -0.25) is 0 Å². The first-order valence-electron chi connectivity index (χ1n) is 6.67. The van der Waals surface area contributed by atoms with Crippen molar-refractivity contribution in [3.05, 3.63) is 63.9 Å². The molecule has 0 amide bonds. The van der Waals surface area contributed by atoms with E-state index in [9.17, 15) is 5.11 Å². The molecule has 3 nitrogen and oxygen atoms in total. The van der Waals surface area contributed by atoms with Crippen molar-refractivity contribution in [1.29, 1.82) is 0 Å². The minimum Gasteiger partial charge on any atom is -0.395 e. The predicted octanol–water partition coefficient (Wildman–Crippen LogP) is 3.93. The van der Waals surface area contributed by atoms with Crippen LogP contribution in [-0.2, 0) is 13.0 Å². The highest BCUT2D eigenvalue weighted by Crippen LogP contribution is 2.22. The summed E-state index contributed by atoms with van der Waals surface area (Å²) in [6, 6.07) is 13.3. The van der Waals surface area contributed by atoms with Crippen LogP contribution in [0.5, 0.6) is 0 Å². The third-order valence-corrected chi connectivity index (χ3v) is 3.88. The lowest BCUT2D eigenvalue weighted by molar-refractivity contribution is 0.276. The average molecular weight is 321 g/mol. The summed E-state index contributed by atoms with van der Waals surface area (Å²) in [7, 11) is 0. The van der Waals surface area contributed by atoms with Crippen LogP contribution < -0.4 is 0 Å². The summed E-state index contributed by atoms with van der Waals surface area (Å²) in [4.78, 5) is 4.64. The number of imidazole rings is 1. The van der Waals surface area contributed by atoms with Gasteiger partial charge >= 0.3 is 0 Å². The normalized spacial score (nSPS) is 11.2. The highest BCUT2D eigenvalue weighted by atomic mass is 35.5. The van der Waals surface area contributed by atoms with E-state index in [1.54, 1.807) is 0 Å². The van der Waals surface area contributed by atoms with Gasteiger partial charge in [0.05, 0.1) is 17.6 Å². The van der Waals surface area contributed by atoms with Crippen LogP contribution in [0.4, 0.5) is 0 Å². The zero-order valence-corrected chi connectivity index (χ0v) is 12.8. The number of fused-ring (bicyclic) bond motifs is 1. The third-order valence-electron chi connectivity index (χ3n) is 3.39. The molecule has 0 saturated carbocycles. The molecule has 0 fully saturated rings. The Kier molecular flexibility index (Phi) is 4.15. The van der Waals surface area contributed by atoms with Crippen molar-refractivity contribution in [2.75, 3.05) is 6.61 Å². The van der Waals surface area contributed by atoms with Gasteiger partial charge in [-0.2, -0.15) is 0 Å². The van der Waals surface area contributed by atoms with E-state index in [0.717, 1.165) is 27.4 Å². The molecule has 0 bridgehead atoms. The number of aromatic nitrogens is 2. The molecule has 108 valence electrons. The summed E-state index contributed by atoms with van der Waals surface area (Å²) in [5, 5.41) is 10.7. The Labute approximate surface area is 132 Å². The van der Waals surface area contributed by atoms with Gasteiger partial charge in [-0.05, 0) is 35.9 Å². The van der Waals surface area contributed by atoms with E-state index in [0.29, 0.717) is 18.0 Å². The number of hydrogen-bond acceptors (Lipinski definition) is 2. The number of aliphatic hydroxyl groups excluding tert-OH is 1. The summed E-state index contributed by atoms with van der Waals surface area (Å²) in [5.41, 5.74) is 2.96. The number of rotatable bonds is 4. The quantitative estimate of drug-likeness (QED) is 0.791. The van der Waals surface area contributed by atoms with Crippen LogP contribution in [0.1, 0.15) is 11.4 Å². The van der Waals surface area contributed by atoms with Crippen LogP contribution >= 0.6 is 23.2 Å². The third kappa shape index (κ3) is 3.05. The smallest absolute Gasteiger partial charge is 0.114 e. The molecule has 0 aliphatic carbocycles. The maximum Gasteiger partial charge on any atom is 0.114 e. The summed E-state index contributed by atoms with van der Waals surface area (Å²) in [6.45, 7) is 0.586. The molecule has 0 atom stereocenters. The molecule has 1 N–H and O–H groups in total. The number of halogens is 2. The first kappa shape index (κ1) is 14.4. The van der Waals surface area contributed by atoms with E-state index >= 15 is 0 Å². The number of benzene rings is 2. The molecule has 1 aromatic heterocycles. The Hall–Kier alpha value is -1.55. The van der Waals surface area contributed by atoms with Gasteiger partial charge in [0.15, 0.2) is 0 Å². The standard InChI is InChI=1S/C16H14Cl2N2O/c17-12-3-1-11(2-4-12)9-16-19-14-10-13(18)5-6-15(14)20(16)7-8-21/h1-6,10,21H,7-9H2. The highest BCUT2D eigenvalue weighted by molar-refractivity contribution is 6.31. The largest absolute Gasteiger partial charge is 0.395 e. The van der Waals surface area contributed by atoms with Crippen LogP contribution in [-0.4, -0.2) is 21.3 Å². The second-order valence-corrected chi connectivity index (χ2v) is 5.71. The van der Waals surface area contributed by atoms with E-state index in [4.69, 9.17) is 23.2 Å². The van der Waals surface area contributed by atoms with Crippen LogP contribution in [0, 0.1) is 0 Å². The maximum absolute atomic E-state index is 9.29. The molecule has 3 rings (SSSR count). The van der Waals surface area contributed by atoms with Gasteiger partial charge < -0.3 is 9.67 Å². The summed E-state index contributed by atoms with van der Waals surface area (Å²) in [6.07, 6.45) is 0.684. The molecule has 3 aromatic rings. The SMILES string of the molecule is OCCn1c(Cc2ccc(Cl)cc2)nc2cc(Cl)ccc21. The van der Waals surface area contributed by atoms with Crippen LogP contribution in [0.2, 0.25) is 10.0 Å². The number of aliphatic hydroxyl groups is 1. The monoisotopic (exact) mass is 320 g/mol. The van der Waals surface area contributed by atoms with Crippen LogP contribution in [0.25, 0.3) is 11.0 Å². The highest BCUT2D eigenvalue weighted by Gasteiger charge is 2.11. The van der Waals surface area contributed by atoms with Crippen molar-refractivity contribution in [3.8, 4) is 0 Å². The van der Waals surface area contributed by atoms with Crippen molar-refractivity contribution in [2.45, 2.75) is 13.0 Å². The van der Waals surface area contributed by atoms with E-state index < -0.39 is 0 Å². The fraction of sp³-hybridized carbons (Fsp3) is 0.188. The van der Waals surface area contributed by atoms with Crippen molar-refractivity contribution >= 4 is 34.2 Å². The van der Waals surface area contributed by atoms with Gasteiger partial charge in [-0.15, -0.1) is 0 Å². The Morgan fingerprint density at radius 3 is 2.43 bits per heavy atom. The van der Waals surface area contributed by atoms with E-state index in [1.165, 1.54) is 0 Å². The number of nitrogens with zero attached hydrogens (tertiary/aromatic N) is 2. The van der Waals surface area contributed by atoms with Crippen LogP contribution in [0.15, 0.2) is 42.5 Å². The molecule has 0 aliphatic heterocycles. The second kappa shape index (κ2) is 6.06. The summed E-state index contributed by atoms with van der Waals surface area (Å²) < 4.78 is 2.03. The maximum atomic E-state index is 9.29. The molecule has 0 radical (unpaired) electrons. The van der Waals surface area contributed by atoms with Gasteiger partial charge in [0.2, 0.25) is 0 Å². The molecule has 1 heterocycles. The van der Waals surface area contributed by atoms with Crippen molar-refractivity contribution in [2.24, 2.45) is 0 Å². The first-order chi connectivity index (χ1) is 10.2.